The Morgan fingerprint density at radius 2 is 2.09 bits per heavy atom. The lowest BCUT2D eigenvalue weighted by atomic mass is 10.2. The van der Waals surface area contributed by atoms with Gasteiger partial charge < -0.3 is 10.6 Å². The molecule has 3 rings (SSSR count). The van der Waals surface area contributed by atoms with Crippen LogP contribution in [0.2, 0.25) is 0 Å². The number of alkyl halides is 1. The van der Waals surface area contributed by atoms with Crippen molar-refractivity contribution >= 4 is 11.7 Å². The minimum atomic E-state index is -1.10. The summed E-state index contributed by atoms with van der Waals surface area (Å²) in [5, 5.41) is 4.35. The van der Waals surface area contributed by atoms with Crippen LogP contribution in [0.5, 0.6) is 0 Å². The maximum absolute atomic E-state index is 13.6. The van der Waals surface area contributed by atoms with Crippen molar-refractivity contribution in [1.82, 2.24) is 19.7 Å². The molecule has 2 atom stereocenters. The topological polar surface area (TPSA) is 89.9 Å². The van der Waals surface area contributed by atoms with E-state index in [9.17, 15) is 9.18 Å². The molecule has 0 radical (unpaired) electrons. The summed E-state index contributed by atoms with van der Waals surface area (Å²) in [6, 6.07) is 1.23. The summed E-state index contributed by atoms with van der Waals surface area (Å²) >= 11 is 0. The zero-order valence-corrected chi connectivity index (χ0v) is 12.4. The molecule has 0 spiro atoms. The molecule has 1 aliphatic heterocycles. The Kier molecular flexibility index (Phi) is 3.51. The first kappa shape index (κ1) is 14.4. The first-order chi connectivity index (χ1) is 10.5. The SMILES string of the molecule is Cc1cc(C)n(-c2cncc(N3C[C@H](F)C[C@H]3C(N)=O)n2)n1. The second-order valence-electron chi connectivity index (χ2n) is 5.48. The van der Waals surface area contributed by atoms with Crippen LogP contribution in [0.15, 0.2) is 18.5 Å². The fourth-order valence-electron chi connectivity index (χ4n) is 2.75. The van der Waals surface area contributed by atoms with E-state index in [-0.39, 0.29) is 13.0 Å². The predicted octanol–water partition coefficient (Wildman–Crippen LogP) is 0.681. The van der Waals surface area contributed by atoms with Gasteiger partial charge in [-0.05, 0) is 19.9 Å². The van der Waals surface area contributed by atoms with E-state index in [0.29, 0.717) is 11.6 Å². The highest BCUT2D eigenvalue weighted by Crippen LogP contribution is 2.26. The molecule has 2 aromatic rings. The minimum absolute atomic E-state index is 0.0845. The van der Waals surface area contributed by atoms with E-state index < -0.39 is 18.1 Å². The maximum atomic E-state index is 13.6. The Morgan fingerprint density at radius 1 is 1.36 bits per heavy atom. The van der Waals surface area contributed by atoms with Crippen molar-refractivity contribution in [2.45, 2.75) is 32.5 Å². The standard InChI is InChI=1S/C14H17FN6O/c1-8-3-9(2)21(19-8)13-6-17-5-12(18-13)20-7-10(15)4-11(20)14(16)22/h3,5-6,10-11H,4,7H2,1-2H3,(H2,16,22)/t10-,11+/m1/s1. The largest absolute Gasteiger partial charge is 0.368 e. The zero-order chi connectivity index (χ0) is 15.9. The average molecular weight is 304 g/mol. The van der Waals surface area contributed by atoms with E-state index in [1.807, 2.05) is 19.9 Å². The van der Waals surface area contributed by atoms with Crippen LogP contribution in [0.4, 0.5) is 10.2 Å². The van der Waals surface area contributed by atoms with Crippen LogP contribution in [0.3, 0.4) is 0 Å². The van der Waals surface area contributed by atoms with Crippen molar-refractivity contribution in [1.29, 1.82) is 0 Å². The van der Waals surface area contributed by atoms with Crippen molar-refractivity contribution in [3.8, 4) is 5.82 Å². The molecule has 7 nitrogen and oxygen atoms in total. The second kappa shape index (κ2) is 5.36. The molecule has 1 amide bonds. The van der Waals surface area contributed by atoms with Crippen LogP contribution < -0.4 is 10.6 Å². The van der Waals surface area contributed by atoms with Gasteiger partial charge in [0.2, 0.25) is 5.91 Å². The highest BCUT2D eigenvalue weighted by Gasteiger charge is 2.36. The van der Waals surface area contributed by atoms with Gasteiger partial charge in [0, 0.05) is 12.1 Å². The summed E-state index contributed by atoms with van der Waals surface area (Å²) in [5.74, 6) is 0.390. The second-order valence-corrected chi connectivity index (χ2v) is 5.48. The highest BCUT2D eigenvalue weighted by atomic mass is 19.1. The van der Waals surface area contributed by atoms with Crippen molar-refractivity contribution in [3.05, 3.63) is 29.8 Å². The number of hydrogen-bond acceptors (Lipinski definition) is 5. The molecule has 22 heavy (non-hydrogen) atoms. The van der Waals surface area contributed by atoms with E-state index in [1.54, 1.807) is 15.8 Å². The number of aromatic nitrogens is 4. The number of carbonyl (C=O) groups is 1. The molecule has 0 aliphatic carbocycles. The van der Waals surface area contributed by atoms with Crippen LogP contribution in [0, 0.1) is 13.8 Å². The average Bonchev–Trinajstić information content (AvgIpc) is 3.02. The van der Waals surface area contributed by atoms with E-state index in [0.717, 1.165) is 11.4 Å². The van der Waals surface area contributed by atoms with Crippen LogP contribution >= 0.6 is 0 Å². The van der Waals surface area contributed by atoms with Gasteiger partial charge in [0.1, 0.15) is 18.0 Å². The van der Waals surface area contributed by atoms with Gasteiger partial charge in [-0.15, -0.1) is 0 Å². The summed E-state index contributed by atoms with van der Waals surface area (Å²) in [6.07, 6.45) is 2.06. The molecule has 3 heterocycles. The van der Waals surface area contributed by atoms with E-state index in [4.69, 9.17) is 5.73 Å². The Hall–Kier alpha value is -2.51. The van der Waals surface area contributed by atoms with Crippen molar-refractivity contribution in [2.75, 3.05) is 11.4 Å². The summed E-state index contributed by atoms with van der Waals surface area (Å²) < 4.78 is 15.3. The summed E-state index contributed by atoms with van der Waals surface area (Å²) in [6.45, 7) is 3.88. The molecule has 116 valence electrons. The number of halogens is 1. The Labute approximate surface area is 127 Å². The van der Waals surface area contributed by atoms with Crippen LogP contribution in [-0.2, 0) is 4.79 Å². The maximum Gasteiger partial charge on any atom is 0.240 e. The van der Waals surface area contributed by atoms with Crippen molar-refractivity contribution in [3.63, 3.8) is 0 Å². The van der Waals surface area contributed by atoms with Crippen LogP contribution in [-0.4, -0.2) is 44.4 Å². The molecule has 1 aliphatic rings. The Morgan fingerprint density at radius 3 is 2.73 bits per heavy atom. The van der Waals surface area contributed by atoms with E-state index in [2.05, 4.69) is 15.1 Å². The van der Waals surface area contributed by atoms with Gasteiger partial charge in [-0.3, -0.25) is 9.78 Å². The molecule has 0 bridgehead atoms. The molecule has 1 fully saturated rings. The van der Waals surface area contributed by atoms with Crippen molar-refractivity contribution < 1.29 is 9.18 Å². The first-order valence-corrected chi connectivity index (χ1v) is 7.01. The number of rotatable bonds is 3. The zero-order valence-electron chi connectivity index (χ0n) is 12.4. The predicted molar refractivity (Wildman–Crippen MR) is 78.5 cm³/mol. The first-order valence-electron chi connectivity index (χ1n) is 7.01. The quantitative estimate of drug-likeness (QED) is 0.900. The lowest BCUT2D eigenvalue weighted by Gasteiger charge is -2.22. The van der Waals surface area contributed by atoms with Gasteiger partial charge in [-0.2, -0.15) is 5.10 Å². The number of nitrogens with two attached hydrogens (primary N) is 1. The molecule has 0 aromatic carbocycles. The molecule has 2 aromatic heterocycles. The normalized spacial score (nSPS) is 21.3. The molecular formula is C14H17FN6O. The fraction of sp³-hybridized carbons (Fsp3) is 0.429. The molecule has 0 unspecified atom stereocenters. The Bertz CT molecular complexity index is 715. The molecule has 2 N–H and O–H groups in total. The number of carbonyl (C=O) groups excluding carboxylic acids is 1. The third-order valence-electron chi connectivity index (χ3n) is 3.71. The highest BCUT2D eigenvalue weighted by molar-refractivity contribution is 5.84. The molecule has 0 saturated carbocycles. The number of hydrogen-bond donors (Lipinski definition) is 1. The fourth-order valence-corrected chi connectivity index (χ4v) is 2.75. The van der Waals surface area contributed by atoms with Crippen molar-refractivity contribution in [2.24, 2.45) is 5.73 Å². The minimum Gasteiger partial charge on any atom is -0.368 e. The Balaban J connectivity index is 1.97. The lowest BCUT2D eigenvalue weighted by molar-refractivity contribution is -0.119. The summed E-state index contributed by atoms with van der Waals surface area (Å²) in [5.41, 5.74) is 7.13. The van der Waals surface area contributed by atoms with Gasteiger partial charge in [0.15, 0.2) is 5.82 Å². The van der Waals surface area contributed by atoms with Gasteiger partial charge in [-0.1, -0.05) is 0 Å². The number of anilines is 1. The molecular weight excluding hydrogens is 287 g/mol. The van der Waals surface area contributed by atoms with Gasteiger partial charge >= 0.3 is 0 Å². The number of aryl methyl sites for hydroxylation is 2. The third kappa shape index (κ3) is 2.51. The number of primary amides is 1. The van der Waals surface area contributed by atoms with Crippen LogP contribution in [0.1, 0.15) is 17.8 Å². The van der Waals surface area contributed by atoms with E-state index in [1.165, 1.54) is 6.20 Å². The monoisotopic (exact) mass is 304 g/mol. The van der Waals surface area contributed by atoms with Crippen LogP contribution in [0.25, 0.3) is 5.82 Å². The van der Waals surface area contributed by atoms with E-state index >= 15 is 0 Å². The lowest BCUT2D eigenvalue weighted by Crippen LogP contribution is -2.40. The third-order valence-corrected chi connectivity index (χ3v) is 3.71. The summed E-state index contributed by atoms with van der Waals surface area (Å²) in [4.78, 5) is 21.6. The van der Waals surface area contributed by atoms with Gasteiger partial charge in [0.25, 0.3) is 0 Å². The van der Waals surface area contributed by atoms with Gasteiger partial charge in [-0.25, -0.2) is 14.1 Å². The molecule has 1 saturated heterocycles. The molecule has 8 heteroatoms. The summed E-state index contributed by atoms with van der Waals surface area (Å²) in [7, 11) is 0. The smallest absolute Gasteiger partial charge is 0.240 e. The van der Waals surface area contributed by atoms with Gasteiger partial charge in [0.05, 0.1) is 24.6 Å². The number of nitrogens with zero attached hydrogens (tertiary/aromatic N) is 5. The number of amides is 1.